The van der Waals surface area contributed by atoms with Crippen molar-refractivity contribution in [3.05, 3.63) is 34.9 Å². The number of aryl methyl sites for hydroxylation is 1. The SMILES string of the molecule is CCc1cccc(C(=O)OC(C(C)(C)C)C(C)(C)C)c1C(=O)O. The second-order valence-electron chi connectivity index (χ2n) is 8.02. The van der Waals surface area contributed by atoms with E-state index in [1.54, 1.807) is 12.1 Å². The maximum atomic E-state index is 12.7. The third-order valence-corrected chi connectivity index (χ3v) is 3.76. The summed E-state index contributed by atoms with van der Waals surface area (Å²) in [5, 5.41) is 9.47. The van der Waals surface area contributed by atoms with Crippen LogP contribution in [-0.2, 0) is 11.2 Å². The zero-order valence-electron chi connectivity index (χ0n) is 15.2. The topological polar surface area (TPSA) is 63.6 Å². The first-order valence-corrected chi connectivity index (χ1v) is 7.95. The lowest BCUT2D eigenvalue weighted by Crippen LogP contribution is -2.42. The van der Waals surface area contributed by atoms with E-state index in [-0.39, 0.29) is 28.1 Å². The largest absolute Gasteiger partial charge is 0.478 e. The van der Waals surface area contributed by atoms with Crippen molar-refractivity contribution in [3.8, 4) is 0 Å². The van der Waals surface area contributed by atoms with Crippen LogP contribution in [0.1, 0.15) is 74.7 Å². The van der Waals surface area contributed by atoms with Gasteiger partial charge in [0.25, 0.3) is 0 Å². The Morgan fingerprint density at radius 3 is 2.00 bits per heavy atom. The highest BCUT2D eigenvalue weighted by Gasteiger charge is 2.39. The molecule has 0 aliphatic heterocycles. The molecule has 0 aliphatic rings. The van der Waals surface area contributed by atoms with E-state index in [4.69, 9.17) is 4.74 Å². The van der Waals surface area contributed by atoms with E-state index in [1.807, 2.05) is 48.5 Å². The van der Waals surface area contributed by atoms with Crippen LogP contribution in [-0.4, -0.2) is 23.1 Å². The van der Waals surface area contributed by atoms with Gasteiger partial charge in [-0.15, -0.1) is 0 Å². The van der Waals surface area contributed by atoms with Crippen molar-refractivity contribution in [1.29, 1.82) is 0 Å². The number of hydrogen-bond acceptors (Lipinski definition) is 3. The van der Waals surface area contributed by atoms with Crippen molar-refractivity contribution in [2.75, 3.05) is 0 Å². The summed E-state index contributed by atoms with van der Waals surface area (Å²) in [4.78, 5) is 24.2. The van der Waals surface area contributed by atoms with Gasteiger partial charge >= 0.3 is 11.9 Å². The zero-order valence-corrected chi connectivity index (χ0v) is 15.2. The fraction of sp³-hybridized carbons (Fsp3) is 0.579. The van der Waals surface area contributed by atoms with Crippen molar-refractivity contribution < 1.29 is 19.4 Å². The molecule has 1 rings (SSSR count). The highest BCUT2D eigenvalue weighted by Crippen LogP contribution is 2.36. The first kappa shape index (κ1) is 19.2. The van der Waals surface area contributed by atoms with Crippen molar-refractivity contribution in [1.82, 2.24) is 0 Å². The van der Waals surface area contributed by atoms with Crippen molar-refractivity contribution in [2.24, 2.45) is 10.8 Å². The average Bonchev–Trinajstić information content (AvgIpc) is 2.40. The van der Waals surface area contributed by atoms with Crippen LogP contribution in [0.3, 0.4) is 0 Å². The summed E-state index contributed by atoms with van der Waals surface area (Å²) in [6, 6.07) is 4.95. The Hall–Kier alpha value is -1.84. The molecule has 0 saturated carbocycles. The van der Waals surface area contributed by atoms with Crippen molar-refractivity contribution in [2.45, 2.75) is 61.0 Å². The predicted octanol–water partition coefficient (Wildman–Crippen LogP) is 4.56. The minimum Gasteiger partial charge on any atom is -0.478 e. The molecular weight excluding hydrogens is 292 g/mol. The second-order valence-corrected chi connectivity index (χ2v) is 8.02. The third kappa shape index (κ3) is 4.57. The lowest BCUT2D eigenvalue weighted by molar-refractivity contribution is -0.0516. The molecule has 23 heavy (non-hydrogen) atoms. The molecule has 0 aliphatic carbocycles. The summed E-state index contributed by atoms with van der Waals surface area (Å²) in [6.07, 6.45) is 0.208. The van der Waals surface area contributed by atoms with E-state index in [0.717, 1.165) is 0 Å². The van der Waals surface area contributed by atoms with Gasteiger partial charge in [-0.25, -0.2) is 9.59 Å². The van der Waals surface area contributed by atoms with E-state index >= 15 is 0 Å². The number of hydrogen-bond donors (Lipinski definition) is 1. The summed E-state index contributed by atoms with van der Waals surface area (Å²) < 4.78 is 5.75. The second kappa shape index (κ2) is 6.73. The van der Waals surface area contributed by atoms with Gasteiger partial charge in [0.2, 0.25) is 0 Å². The molecule has 0 saturated heterocycles. The Balaban J connectivity index is 3.28. The van der Waals surface area contributed by atoms with E-state index in [2.05, 4.69) is 0 Å². The number of carbonyl (C=O) groups is 2. The number of esters is 1. The van der Waals surface area contributed by atoms with Gasteiger partial charge in [0, 0.05) is 0 Å². The Morgan fingerprint density at radius 1 is 1.09 bits per heavy atom. The van der Waals surface area contributed by atoms with Crippen LogP contribution in [0.4, 0.5) is 0 Å². The van der Waals surface area contributed by atoms with Crippen LogP contribution < -0.4 is 0 Å². The molecule has 1 N–H and O–H groups in total. The normalized spacial score (nSPS) is 12.3. The molecule has 0 spiro atoms. The van der Waals surface area contributed by atoms with Crippen LogP contribution in [0, 0.1) is 10.8 Å². The van der Waals surface area contributed by atoms with Gasteiger partial charge in [-0.3, -0.25) is 0 Å². The molecule has 0 fully saturated rings. The fourth-order valence-corrected chi connectivity index (χ4v) is 3.14. The average molecular weight is 320 g/mol. The molecule has 1 aromatic rings. The summed E-state index contributed by atoms with van der Waals surface area (Å²) in [5.41, 5.74) is 0.297. The van der Waals surface area contributed by atoms with Gasteiger partial charge < -0.3 is 9.84 Å². The first-order valence-electron chi connectivity index (χ1n) is 7.95. The lowest BCUT2D eigenvalue weighted by Gasteiger charge is -2.39. The number of benzene rings is 1. The molecule has 0 amide bonds. The van der Waals surface area contributed by atoms with Crippen LogP contribution >= 0.6 is 0 Å². The predicted molar refractivity (Wildman–Crippen MR) is 90.9 cm³/mol. The molecule has 4 heteroatoms. The molecule has 0 aromatic heterocycles. The minimum absolute atomic E-state index is 0.0431. The molecule has 1 aromatic carbocycles. The van der Waals surface area contributed by atoms with E-state index in [9.17, 15) is 14.7 Å². The number of ether oxygens (including phenoxy) is 1. The van der Waals surface area contributed by atoms with E-state index < -0.39 is 11.9 Å². The monoisotopic (exact) mass is 320 g/mol. The Kier molecular flexibility index (Phi) is 5.62. The highest BCUT2D eigenvalue weighted by molar-refractivity contribution is 6.03. The fourth-order valence-electron chi connectivity index (χ4n) is 3.14. The summed E-state index contributed by atoms with van der Waals surface area (Å²) >= 11 is 0. The van der Waals surface area contributed by atoms with Crippen LogP contribution in [0.15, 0.2) is 18.2 Å². The number of carboxylic acid groups (broad SMARTS) is 1. The molecule has 128 valence electrons. The summed E-state index contributed by atoms with van der Waals surface area (Å²) in [7, 11) is 0. The standard InChI is InChI=1S/C19H28O4/c1-8-12-10-9-11-13(14(12)15(20)21)16(22)23-17(18(2,3)4)19(5,6)7/h9-11,17H,8H2,1-7H3,(H,20,21). The summed E-state index contributed by atoms with van der Waals surface area (Å²) in [6.45, 7) is 13.9. The van der Waals surface area contributed by atoms with Crippen LogP contribution in [0.5, 0.6) is 0 Å². The number of aromatic carboxylic acids is 1. The number of carboxylic acids is 1. The molecule has 4 nitrogen and oxygen atoms in total. The van der Waals surface area contributed by atoms with E-state index in [0.29, 0.717) is 12.0 Å². The van der Waals surface area contributed by atoms with Gasteiger partial charge in [-0.2, -0.15) is 0 Å². The molecular formula is C19H28O4. The number of rotatable bonds is 4. The van der Waals surface area contributed by atoms with Crippen molar-refractivity contribution >= 4 is 11.9 Å². The van der Waals surface area contributed by atoms with Gasteiger partial charge in [0.15, 0.2) is 0 Å². The molecule has 0 unspecified atom stereocenters. The zero-order chi connectivity index (χ0) is 18.0. The van der Waals surface area contributed by atoms with E-state index in [1.165, 1.54) is 6.07 Å². The quantitative estimate of drug-likeness (QED) is 0.826. The lowest BCUT2D eigenvalue weighted by atomic mass is 9.74. The highest BCUT2D eigenvalue weighted by atomic mass is 16.5. The third-order valence-electron chi connectivity index (χ3n) is 3.76. The Bertz CT molecular complexity index is 574. The van der Waals surface area contributed by atoms with Gasteiger partial charge in [0.05, 0.1) is 11.1 Å². The maximum Gasteiger partial charge on any atom is 0.339 e. The Labute approximate surface area is 138 Å². The van der Waals surface area contributed by atoms with Gasteiger partial charge in [-0.1, -0.05) is 60.6 Å². The molecule has 0 bridgehead atoms. The van der Waals surface area contributed by atoms with Crippen LogP contribution in [0.2, 0.25) is 0 Å². The summed E-state index contributed by atoms with van der Waals surface area (Å²) in [5.74, 6) is -1.68. The van der Waals surface area contributed by atoms with Crippen molar-refractivity contribution in [3.63, 3.8) is 0 Å². The van der Waals surface area contributed by atoms with Gasteiger partial charge in [-0.05, 0) is 28.9 Å². The Morgan fingerprint density at radius 2 is 1.61 bits per heavy atom. The van der Waals surface area contributed by atoms with Gasteiger partial charge in [0.1, 0.15) is 6.10 Å². The minimum atomic E-state index is -1.10. The van der Waals surface area contributed by atoms with Crippen LogP contribution in [0.25, 0.3) is 0 Å². The molecule has 0 radical (unpaired) electrons. The molecule has 0 heterocycles. The smallest absolute Gasteiger partial charge is 0.339 e. The number of carbonyl (C=O) groups excluding carboxylic acids is 1. The maximum absolute atomic E-state index is 12.7. The first-order chi connectivity index (χ1) is 10.4. The molecule has 0 atom stereocenters.